The van der Waals surface area contributed by atoms with Crippen molar-refractivity contribution in [2.45, 2.75) is 36.7 Å². The standard InChI is InChI=1S/C8H15NO3S/c1-8(3-2-4-13-8)6(10)5(9)7(11)12/h5-6,10H,2-4,9H2,1H3,(H,11,12). The molecular weight excluding hydrogens is 190 g/mol. The molecule has 3 atom stereocenters. The molecule has 76 valence electrons. The third kappa shape index (κ3) is 2.15. The molecule has 0 amide bonds. The van der Waals surface area contributed by atoms with Gasteiger partial charge in [-0.3, -0.25) is 4.79 Å². The number of carbonyl (C=O) groups is 1. The van der Waals surface area contributed by atoms with Crippen molar-refractivity contribution in [3.8, 4) is 0 Å². The number of aliphatic hydroxyl groups excluding tert-OH is 1. The first-order valence-electron chi connectivity index (χ1n) is 4.28. The van der Waals surface area contributed by atoms with Crippen LogP contribution in [0.1, 0.15) is 19.8 Å². The number of aliphatic hydroxyl groups is 1. The molecule has 0 radical (unpaired) electrons. The quantitative estimate of drug-likeness (QED) is 0.606. The van der Waals surface area contributed by atoms with E-state index in [2.05, 4.69) is 0 Å². The van der Waals surface area contributed by atoms with E-state index < -0.39 is 18.1 Å². The van der Waals surface area contributed by atoms with Crippen LogP contribution in [0.4, 0.5) is 0 Å². The monoisotopic (exact) mass is 205 g/mol. The normalized spacial score (nSPS) is 32.8. The van der Waals surface area contributed by atoms with E-state index in [4.69, 9.17) is 10.8 Å². The molecule has 4 nitrogen and oxygen atoms in total. The van der Waals surface area contributed by atoms with Gasteiger partial charge in [0.25, 0.3) is 0 Å². The van der Waals surface area contributed by atoms with Crippen LogP contribution in [0.2, 0.25) is 0 Å². The molecule has 4 N–H and O–H groups in total. The highest BCUT2D eigenvalue weighted by molar-refractivity contribution is 8.00. The van der Waals surface area contributed by atoms with Crippen LogP contribution in [0.5, 0.6) is 0 Å². The van der Waals surface area contributed by atoms with Crippen molar-refractivity contribution in [3.63, 3.8) is 0 Å². The van der Waals surface area contributed by atoms with Crippen LogP contribution in [0.25, 0.3) is 0 Å². The molecule has 0 aromatic carbocycles. The number of hydrogen-bond donors (Lipinski definition) is 3. The SMILES string of the molecule is CC1(C(O)C(N)C(=O)O)CCCS1. The second-order valence-electron chi connectivity index (χ2n) is 3.57. The number of carboxylic acid groups (broad SMARTS) is 1. The molecule has 1 rings (SSSR count). The van der Waals surface area contributed by atoms with Crippen LogP contribution in [-0.2, 0) is 4.79 Å². The average Bonchev–Trinajstić information content (AvgIpc) is 2.50. The molecule has 0 aliphatic carbocycles. The van der Waals surface area contributed by atoms with E-state index in [1.165, 1.54) is 0 Å². The number of nitrogens with two attached hydrogens (primary N) is 1. The number of rotatable bonds is 3. The smallest absolute Gasteiger partial charge is 0.323 e. The summed E-state index contributed by atoms with van der Waals surface area (Å²) in [6, 6.07) is -1.17. The molecule has 3 unspecified atom stereocenters. The second-order valence-corrected chi connectivity index (χ2v) is 5.20. The van der Waals surface area contributed by atoms with E-state index in [9.17, 15) is 9.90 Å². The first-order chi connectivity index (χ1) is 5.97. The molecule has 0 spiro atoms. The van der Waals surface area contributed by atoms with Crippen LogP contribution in [0, 0.1) is 0 Å². The van der Waals surface area contributed by atoms with Gasteiger partial charge in [-0.25, -0.2) is 0 Å². The van der Waals surface area contributed by atoms with Gasteiger partial charge in [0.05, 0.1) is 6.10 Å². The Hall–Kier alpha value is -0.260. The Morgan fingerprint density at radius 1 is 1.69 bits per heavy atom. The van der Waals surface area contributed by atoms with Gasteiger partial charge >= 0.3 is 5.97 Å². The van der Waals surface area contributed by atoms with Gasteiger partial charge in [0.15, 0.2) is 0 Å². The highest BCUT2D eigenvalue weighted by atomic mass is 32.2. The summed E-state index contributed by atoms with van der Waals surface area (Å²) in [5, 5.41) is 18.4. The van der Waals surface area contributed by atoms with Gasteiger partial charge in [0.1, 0.15) is 6.04 Å². The fraction of sp³-hybridized carbons (Fsp3) is 0.875. The van der Waals surface area contributed by atoms with Crippen molar-refractivity contribution in [1.29, 1.82) is 0 Å². The fourth-order valence-electron chi connectivity index (χ4n) is 1.55. The molecule has 1 saturated heterocycles. The molecule has 1 fully saturated rings. The maximum absolute atomic E-state index is 10.5. The average molecular weight is 205 g/mol. The summed E-state index contributed by atoms with van der Waals surface area (Å²) < 4.78 is -0.377. The van der Waals surface area contributed by atoms with Crippen molar-refractivity contribution in [1.82, 2.24) is 0 Å². The van der Waals surface area contributed by atoms with Gasteiger partial charge < -0.3 is 15.9 Å². The van der Waals surface area contributed by atoms with Crippen LogP contribution in [0.15, 0.2) is 0 Å². The molecular formula is C8H15NO3S. The Morgan fingerprint density at radius 3 is 2.69 bits per heavy atom. The summed E-state index contributed by atoms with van der Waals surface area (Å²) in [4.78, 5) is 10.5. The molecule has 5 heteroatoms. The highest BCUT2D eigenvalue weighted by Crippen LogP contribution is 2.41. The molecule has 13 heavy (non-hydrogen) atoms. The minimum absolute atomic E-state index is 0.377. The topological polar surface area (TPSA) is 83.5 Å². The molecule has 1 heterocycles. The number of hydrogen-bond acceptors (Lipinski definition) is 4. The minimum atomic E-state index is -1.17. The summed E-state index contributed by atoms with van der Waals surface area (Å²) in [6.45, 7) is 1.87. The van der Waals surface area contributed by atoms with Crippen molar-refractivity contribution >= 4 is 17.7 Å². The van der Waals surface area contributed by atoms with Gasteiger partial charge in [-0.2, -0.15) is 11.8 Å². The Bertz CT molecular complexity index is 204. The van der Waals surface area contributed by atoms with Crippen molar-refractivity contribution in [2.75, 3.05) is 5.75 Å². The Balaban J connectivity index is 2.64. The predicted molar refractivity (Wildman–Crippen MR) is 51.7 cm³/mol. The van der Waals surface area contributed by atoms with Crippen molar-refractivity contribution < 1.29 is 15.0 Å². The summed E-state index contributed by atoms with van der Waals surface area (Å²) in [5.41, 5.74) is 5.36. The van der Waals surface area contributed by atoms with E-state index in [1.54, 1.807) is 11.8 Å². The maximum atomic E-state index is 10.5. The zero-order valence-corrected chi connectivity index (χ0v) is 8.38. The number of aliphatic carboxylic acids is 1. The summed E-state index contributed by atoms with van der Waals surface area (Å²) in [7, 11) is 0. The molecule has 1 aliphatic heterocycles. The van der Waals surface area contributed by atoms with E-state index in [0.29, 0.717) is 0 Å². The summed E-state index contributed by atoms with van der Waals surface area (Å²) in [6.07, 6.45) is 0.891. The van der Waals surface area contributed by atoms with Gasteiger partial charge in [0.2, 0.25) is 0 Å². The highest BCUT2D eigenvalue weighted by Gasteiger charge is 2.42. The minimum Gasteiger partial charge on any atom is -0.480 e. The third-order valence-electron chi connectivity index (χ3n) is 2.50. The predicted octanol–water partition coefficient (Wildman–Crippen LogP) is 0.0449. The van der Waals surface area contributed by atoms with Gasteiger partial charge in [-0.1, -0.05) is 0 Å². The largest absolute Gasteiger partial charge is 0.480 e. The van der Waals surface area contributed by atoms with Crippen LogP contribution >= 0.6 is 11.8 Å². The lowest BCUT2D eigenvalue weighted by atomic mass is 9.93. The first-order valence-corrected chi connectivity index (χ1v) is 5.26. The lowest BCUT2D eigenvalue weighted by molar-refractivity contribution is -0.141. The number of carboxylic acids is 1. The lowest BCUT2D eigenvalue weighted by Gasteiger charge is -2.31. The number of thioether (sulfide) groups is 1. The van der Waals surface area contributed by atoms with Crippen molar-refractivity contribution in [3.05, 3.63) is 0 Å². The maximum Gasteiger partial charge on any atom is 0.323 e. The van der Waals surface area contributed by atoms with Gasteiger partial charge in [-0.15, -0.1) is 0 Å². The summed E-state index contributed by atoms with van der Waals surface area (Å²) in [5.74, 6) is -0.166. The third-order valence-corrected chi connectivity index (χ3v) is 4.10. The van der Waals surface area contributed by atoms with Crippen LogP contribution < -0.4 is 5.73 Å². The Labute approximate surface area is 81.5 Å². The van der Waals surface area contributed by atoms with E-state index in [0.717, 1.165) is 18.6 Å². The summed E-state index contributed by atoms with van der Waals surface area (Å²) >= 11 is 1.61. The van der Waals surface area contributed by atoms with E-state index in [-0.39, 0.29) is 4.75 Å². The molecule has 0 aromatic rings. The fourth-order valence-corrected chi connectivity index (χ4v) is 2.91. The van der Waals surface area contributed by atoms with E-state index in [1.807, 2.05) is 6.92 Å². The Morgan fingerprint density at radius 2 is 2.31 bits per heavy atom. The van der Waals surface area contributed by atoms with Crippen LogP contribution in [0.3, 0.4) is 0 Å². The van der Waals surface area contributed by atoms with Gasteiger partial charge in [-0.05, 0) is 25.5 Å². The van der Waals surface area contributed by atoms with Gasteiger partial charge in [0, 0.05) is 4.75 Å². The second kappa shape index (κ2) is 3.86. The molecule has 1 aliphatic rings. The molecule has 0 bridgehead atoms. The van der Waals surface area contributed by atoms with E-state index >= 15 is 0 Å². The first kappa shape index (κ1) is 10.8. The molecule has 0 aromatic heterocycles. The van der Waals surface area contributed by atoms with Crippen LogP contribution in [-0.4, -0.2) is 38.8 Å². The van der Waals surface area contributed by atoms with Crippen molar-refractivity contribution in [2.24, 2.45) is 5.73 Å². The lowest BCUT2D eigenvalue weighted by Crippen LogP contribution is -2.51. The Kier molecular flexibility index (Phi) is 3.21. The zero-order chi connectivity index (χ0) is 10.1. The zero-order valence-electron chi connectivity index (χ0n) is 7.56. The molecule has 0 saturated carbocycles.